The summed E-state index contributed by atoms with van der Waals surface area (Å²) in [4.78, 5) is 11.0. The van der Waals surface area contributed by atoms with Crippen molar-refractivity contribution in [2.75, 3.05) is 6.54 Å². The quantitative estimate of drug-likeness (QED) is 0.834. The lowest BCUT2D eigenvalue weighted by atomic mass is 9.80. The highest BCUT2D eigenvalue weighted by Crippen LogP contribution is 2.34. The summed E-state index contributed by atoms with van der Waals surface area (Å²) in [5.41, 5.74) is 4.57. The summed E-state index contributed by atoms with van der Waals surface area (Å²) in [6.45, 7) is 4.64. The smallest absolute Gasteiger partial charge is 0.216 e. The molecule has 0 radical (unpaired) electrons. The molecule has 0 fully saturated rings. The van der Waals surface area contributed by atoms with Gasteiger partial charge in [0.1, 0.15) is 0 Å². The van der Waals surface area contributed by atoms with E-state index in [4.69, 9.17) is 0 Å². The summed E-state index contributed by atoms with van der Waals surface area (Å²) < 4.78 is 0. The van der Waals surface area contributed by atoms with Gasteiger partial charge in [-0.25, -0.2) is 0 Å². The maximum Gasteiger partial charge on any atom is 0.216 e. The molecule has 0 aromatic heterocycles. The number of carbonyl (C=O) groups is 1. The number of fused-ring (bicyclic) bond motifs is 1. The molecule has 0 saturated carbocycles. The van der Waals surface area contributed by atoms with E-state index in [9.17, 15) is 4.79 Å². The minimum Gasteiger partial charge on any atom is -0.356 e. The zero-order chi connectivity index (χ0) is 14.4. The first kappa shape index (κ1) is 15.1. The van der Waals surface area contributed by atoms with Crippen LogP contribution < -0.4 is 5.32 Å². The van der Waals surface area contributed by atoms with Crippen LogP contribution in [0.15, 0.2) is 18.2 Å². The van der Waals surface area contributed by atoms with Crippen LogP contribution in [0.25, 0.3) is 0 Å². The van der Waals surface area contributed by atoms with Gasteiger partial charge in [0.25, 0.3) is 0 Å². The van der Waals surface area contributed by atoms with Gasteiger partial charge in [0.2, 0.25) is 5.91 Å². The van der Waals surface area contributed by atoms with E-state index in [1.54, 1.807) is 12.5 Å². The maximum atomic E-state index is 11.0. The summed E-state index contributed by atoms with van der Waals surface area (Å²) in [6, 6.07) is 7.08. The molecule has 1 aromatic carbocycles. The van der Waals surface area contributed by atoms with Gasteiger partial charge in [-0.15, -0.1) is 0 Å². The van der Waals surface area contributed by atoms with Gasteiger partial charge < -0.3 is 5.32 Å². The van der Waals surface area contributed by atoms with Crippen LogP contribution in [0.5, 0.6) is 0 Å². The minimum absolute atomic E-state index is 0.0812. The van der Waals surface area contributed by atoms with Crippen molar-refractivity contribution >= 4 is 5.91 Å². The largest absolute Gasteiger partial charge is 0.356 e. The maximum absolute atomic E-state index is 11.0. The molecule has 1 aliphatic rings. The van der Waals surface area contributed by atoms with E-state index in [0.717, 1.165) is 13.0 Å². The fourth-order valence-corrected chi connectivity index (χ4v) is 3.21. The summed E-state index contributed by atoms with van der Waals surface area (Å²) >= 11 is 0. The van der Waals surface area contributed by atoms with Gasteiger partial charge in [-0.1, -0.05) is 31.5 Å². The van der Waals surface area contributed by atoms with Crippen LogP contribution in [0.2, 0.25) is 0 Å². The van der Waals surface area contributed by atoms with Crippen molar-refractivity contribution in [2.45, 2.75) is 64.7 Å². The van der Waals surface area contributed by atoms with Crippen molar-refractivity contribution in [3.05, 3.63) is 34.9 Å². The molecule has 1 aromatic rings. The number of rotatable bonds is 6. The molecule has 2 heteroatoms. The van der Waals surface area contributed by atoms with E-state index < -0.39 is 0 Å². The average Bonchev–Trinajstić information content (AvgIpc) is 2.45. The Hall–Kier alpha value is -1.31. The van der Waals surface area contributed by atoms with Crippen molar-refractivity contribution < 1.29 is 4.79 Å². The second-order valence-corrected chi connectivity index (χ2v) is 6.00. The molecule has 2 nitrogen and oxygen atoms in total. The Balaban J connectivity index is 2.05. The van der Waals surface area contributed by atoms with Gasteiger partial charge in [0, 0.05) is 13.5 Å². The van der Waals surface area contributed by atoms with Gasteiger partial charge in [-0.2, -0.15) is 0 Å². The molecule has 0 spiro atoms. The fraction of sp³-hybridized carbons (Fsp3) is 0.611. The molecule has 0 heterocycles. The molecule has 1 amide bonds. The number of hydrogen-bond donors (Lipinski definition) is 1. The van der Waals surface area contributed by atoms with Crippen molar-refractivity contribution in [3.8, 4) is 0 Å². The summed E-state index contributed by atoms with van der Waals surface area (Å²) in [5, 5.41) is 2.93. The van der Waals surface area contributed by atoms with E-state index in [2.05, 4.69) is 30.4 Å². The number of nitrogens with one attached hydrogen (secondary N) is 1. The topological polar surface area (TPSA) is 29.1 Å². The number of amides is 1. The van der Waals surface area contributed by atoms with Crippen LogP contribution in [0.4, 0.5) is 0 Å². The first-order valence-corrected chi connectivity index (χ1v) is 8.07. The second kappa shape index (κ2) is 7.47. The molecule has 20 heavy (non-hydrogen) atoms. The fourth-order valence-electron chi connectivity index (χ4n) is 3.21. The molecule has 0 unspecified atom stereocenters. The summed E-state index contributed by atoms with van der Waals surface area (Å²) in [7, 11) is 0. The lowest BCUT2D eigenvalue weighted by molar-refractivity contribution is -0.118. The standard InChI is InChI=1S/C18H27NO/c1-3-4-6-15-9-10-16-7-5-8-17(18(16)13-15)11-12-19-14(2)20/h9-10,13,17H,3-8,11-12H2,1-2H3,(H,19,20)/t17-/m1/s1. The second-order valence-electron chi connectivity index (χ2n) is 6.00. The third-order valence-corrected chi connectivity index (χ3v) is 4.33. The predicted molar refractivity (Wildman–Crippen MR) is 84.0 cm³/mol. The Morgan fingerprint density at radius 2 is 2.25 bits per heavy atom. The van der Waals surface area contributed by atoms with E-state index in [-0.39, 0.29) is 5.91 Å². The molecule has 2 rings (SSSR count). The normalized spacial score (nSPS) is 17.6. The monoisotopic (exact) mass is 273 g/mol. The van der Waals surface area contributed by atoms with Crippen LogP contribution in [0, 0.1) is 0 Å². The van der Waals surface area contributed by atoms with Crippen molar-refractivity contribution in [1.82, 2.24) is 5.32 Å². The molecule has 0 bridgehead atoms. The van der Waals surface area contributed by atoms with E-state index >= 15 is 0 Å². The Morgan fingerprint density at radius 1 is 1.40 bits per heavy atom. The molecular weight excluding hydrogens is 246 g/mol. The van der Waals surface area contributed by atoms with Crippen molar-refractivity contribution in [1.29, 1.82) is 0 Å². The van der Waals surface area contributed by atoms with Gasteiger partial charge in [0.15, 0.2) is 0 Å². The van der Waals surface area contributed by atoms with Crippen LogP contribution in [0.1, 0.15) is 68.6 Å². The molecule has 1 atom stereocenters. The van der Waals surface area contributed by atoms with E-state index in [0.29, 0.717) is 5.92 Å². The Labute approximate surface area is 123 Å². The predicted octanol–water partition coefficient (Wildman–Crippen LogP) is 3.98. The highest BCUT2D eigenvalue weighted by molar-refractivity contribution is 5.72. The molecular formula is C18H27NO. The van der Waals surface area contributed by atoms with Crippen LogP contribution in [0.3, 0.4) is 0 Å². The van der Waals surface area contributed by atoms with Gasteiger partial charge in [-0.05, 0) is 61.1 Å². The first-order valence-electron chi connectivity index (χ1n) is 8.07. The number of unbranched alkanes of at least 4 members (excludes halogenated alkanes) is 1. The number of hydrogen-bond acceptors (Lipinski definition) is 1. The Kier molecular flexibility index (Phi) is 5.63. The van der Waals surface area contributed by atoms with Crippen LogP contribution >= 0.6 is 0 Å². The van der Waals surface area contributed by atoms with Crippen molar-refractivity contribution in [2.24, 2.45) is 0 Å². The van der Waals surface area contributed by atoms with Gasteiger partial charge in [-0.3, -0.25) is 4.79 Å². The number of aryl methyl sites for hydroxylation is 2. The zero-order valence-corrected chi connectivity index (χ0v) is 12.9. The highest BCUT2D eigenvalue weighted by Gasteiger charge is 2.20. The molecule has 1 aliphatic carbocycles. The average molecular weight is 273 g/mol. The molecule has 1 N–H and O–H groups in total. The van der Waals surface area contributed by atoms with Crippen molar-refractivity contribution in [3.63, 3.8) is 0 Å². The SMILES string of the molecule is CCCCc1ccc2c(c1)[C@@H](CCNC(C)=O)CCC2. The van der Waals surface area contributed by atoms with Crippen LogP contribution in [-0.4, -0.2) is 12.5 Å². The number of benzene rings is 1. The zero-order valence-electron chi connectivity index (χ0n) is 12.9. The van der Waals surface area contributed by atoms with Gasteiger partial charge >= 0.3 is 0 Å². The molecule has 0 saturated heterocycles. The van der Waals surface area contributed by atoms with E-state index in [1.807, 2.05) is 0 Å². The lowest BCUT2D eigenvalue weighted by Crippen LogP contribution is -2.23. The summed E-state index contributed by atoms with van der Waals surface area (Å²) in [6.07, 6.45) is 8.57. The third kappa shape index (κ3) is 4.09. The minimum atomic E-state index is 0.0812. The van der Waals surface area contributed by atoms with Crippen LogP contribution in [-0.2, 0) is 17.6 Å². The Morgan fingerprint density at radius 3 is 3.00 bits per heavy atom. The van der Waals surface area contributed by atoms with E-state index in [1.165, 1.54) is 49.7 Å². The lowest BCUT2D eigenvalue weighted by Gasteiger charge is -2.26. The highest BCUT2D eigenvalue weighted by atomic mass is 16.1. The first-order chi connectivity index (χ1) is 9.70. The third-order valence-electron chi connectivity index (χ3n) is 4.33. The van der Waals surface area contributed by atoms with Gasteiger partial charge in [0.05, 0.1) is 0 Å². The number of carbonyl (C=O) groups excluding carboxylic acids is 1. The summed E-state index contributed by atoms with van der Waals surface area (Å²) in [5.74, 6) is 0.713. The molecule has 0 aliphatic heterocycles. The molecule has 110 valence electrons. The Bertz CT molecular complexity index is 453.